The molecule has 0 aliphatic heterocycles. The van der Waals surface area contributed by atoms with Crippen molar-refractivity contribution in [2.75, 3.05) is 13.2 Å². The summed E-state index contributed by atoms with van der Waals surface area (Å²) in [6.45, 7) is 6.09. The Hall–Kier alpha value is -0.757. The van der Waals surface area contributed by atoms with Crippen molar-refractivity contribution in [3.8, 4) is 0 Å². The van der Waals surface area contributed by atoms with Crippen LogP contribution >= 0.6 is 0 Å². The fourth-order valence-electron chi connectivity index (χ4n) is 2.93. The molecular formula is C22H32O2Zr. The van der Waals surface area contributed by atoms with Gasteiger partial charge in [0.25, 0.3) is 0 Å². The minimum absolute atomic E-state index is 0.832. The van der Waals surface area contributed by atoms with Crippen LogP contribution in [0.25, 0.3) is 0 Å². The van der Waals surface area contributed by atoms with E-state index in [1.54, 1.807) is 0 Å². The summed E-state index contributed by atoms with van der Waals surface area (Å²) >= 11 is -3.25. The van der Waals surface area contributed by atoms with E-state index in [1.165, 1.54) is 11.1 Å². The monoisotopic (exact) mass is 418 g/mol. The van der Waals surface area contributed by atoms with Crippen molar-refractivity contribution >= 4 is 0 Å². The maximum absolute atomic E-state index is 6.61. The van der Waals surface area contributed by atoms with Crippen LogP contribution < -0.4 is 0 Å². The summed E-state index contributed by atoms with van der Waals surface area (Å²) in [7, 11) is 0. The molecular weight excluding hydrogens is 387 g/mol. The van der Waals surface area contributed by atoms with Crippen molar-refractivity contribution in [1.29, 1.82) is 0 Å². The van der Waals surface area contributed by atoms with E-state index in [2.05, 4.69) is 74.5 Å². The molecule has 2 nitrogen and oxygen atoms in total. The molecule has 0 N–H and O–H groups in total. The van der Waals surface area contributed by atoms with Gasteiger partial charge >= 0.3 is 160 Å². The van der Waals surface area contributed by atoms with Crippen LogP contribution in [-0.4, -0.2) is 13.2 Å². The van der Waals surface area contributed by atoms with Gasteiger partial charge in [-0.25, -0.2) is 0 Å². The Balaban J connectivity index is 2.22. The maximum atomic E-state index is 6.61. The zero-order valence-corrected chi connectivity index (χ0v) is 18.2. The molecule has 2 aromatic rings. The predicted molar refractivity (Wildman–Crippen MR) is 102 cm³/mol. The molecule has 2 rings (SSSR count). The standard InChI is InChI=1S/2C7H7.2C4H9O.Zr/c2*1-7-5-3-2-4-6-7;2*1-2-3-4-5;/h2*2-6H,1H2;2*2-4H2,1H3;/q;;2*-1;+2. The fourth-order valence-corrected chi connectivity index (χ4v) is 11.2. The van der Waals surface area contributed by atoms with Crippen molar-refractivity contribution in [2.45, 2.75) is 47.8 Å². The second-order valence-corrected chi connectivity index (χ2v) is 14.3. The van der Waals surface area contributed by atoms with Crippen LogP contribution in [0, 0.1) is 0 Å². The average Bonchev–Trinajstić information content (AvgIpc) is 2.64. The van der Waals surface area contributed by atoms with Crippen molar-refractivity contribution in [1.82, 2.24) is 0 Å². The van der Waals surface area contributed by atoms with Gasteiger partial charge in [-0.05, 0) is 0 Å². The van der Waals surface area contributed by atoms with Gasteiger partial charge in [0.2, 0.25) is 0 Å². The second-order valence-electron chi connectivity index (χ2n) is 6.64. The Morgan fingerprint density at radius 2 is 1.04 bits per heavy atom. The van der Waals surface area contributed by atoms with Gasteiger partial charge in [0.15, 0.2) is 0 Å². The van der Waals surface area contributed by atoms with Crippen molar-refractivity contribution in [3.05, 3.63) is 71.8 Å². The first kappa shape index (κ1) is 20.6. The molecule has 0 saturated heterocycles. The van der Waals surface area contributed by atoms with Crippen LogP contribution in [0.1, 0.15) is 50.7 Å². The molecule has 0 spiro atoms. The summed E-state index contributed by atoms with van der Waals surface area (Å²) < 4.78 is 15.2. The Labute approximate surface area is 159 Å². The van der Waals surface area contributed by atoms with Gasteiger partial charge in [0.05, 0.1) is 0 Å². The van der Waals surface area contributed by atoms with E-state index in [9.17, 15) is 0 Å². The number of hydrogen-bond donors (Lipinski definition) is 0. The first-order chi connectivity index (χ1) is 12.3. The molecule has 0 amide bonds. The van der Waals surface area contributed by atoms with E-state index in [-0.39, 0.29) is 0 Å². The van der Waals surface area contributed by atoms with Crippen LogP contribution in [0.15, 0.2) is 60.7 Å². The molecule has 0 fully saturated rings. The van der Waals surface area contributed by atoms with E-state index in [0.717, 1.165) is 47.2 Å². The zero-order chi connectivity index (χ0) is 17.8. The van der Waals surface area contributed by atoms with Crippen LogP contribution in [-0.2, 0) is 35.0 Å². The molecule has 0 unspecified atom stereocenters. The van der Waals surface area contributed by atoms with E-state index >= 15 is 0 Å². The third-order valence-corrected chi connectivity index (χ3v) is 12.6. The summed E-state index contributed by atoms with van der Waals surface area (Å²) in [5, 5.41) is 0. The number of hydrogen-bond acceptors (Lipinski definition) is 2. The van der Waals surface area contributed by atoms with Gasteiger partial charge in [0.1, 0.15) is 0 Å². The number of rotatable bonds is 12. The third-order valence-electron chi connectivity index (χ3n) is 4.36. The first-order valence-electron chi connectivity index (χ1n) is 9.64. The van der Waals surface area contributed by atoms with E-state index < -0.39 is 21.1 Å². The molecule has 0 aromatic heterocycles. The molecule has 0 radical (unpaired) electrons. The summed E-state index contributed by atoms with van der Waals surface area (Å²) in [5.74, 6) is 0. The summed E-state index contributed by atoms with van der Waals surface area (Å²) in [4.78, 5) is 0. The van der Waals surface area contributed by atoms with Gasteiger partial charge in [-0.3, -0.25) is 0 Å². The van der Waals surface area contributed by atoms with E-state index in [1.807, 2.05) is 0 Å². The van der Waals surface area contributed by atoms with Crippen molar-refractivity contribution in [3.63, 3.8) is 0 Å². The van der Waals surface area contributed by atoms with Gasteiger partial charge in [-0.15, -0.1) is 0 Å². The topological polar surface area (TPSA) is 18.5 Å². The molecule has 136 valence electrons. The summed E-state index contributed by atoms with van der Waals surface area (Å²) in [6, 6.07) is 21.5. The molecule has 2 aromatic carbocycles. The second kappa shape index (κ2) is 11.8. The van der Waals surface area contributed by atoms with Crippen molar-refractivity contribution < 1.29 is 26.8 Å². The van der Waals surface area contributed by atoms with Crippen LogP contribution in [0.5, 0.6) is 0 Å². The zero-order valence-electron chi connectivity index (χ0n) is 15.7. The van der Waals surface area contributed by atoms with Crippen molar-refractivity contribution in [2.24, 2.45) is 0 Å². The molecule has 0 aliphatic carbocycles. The van der Waals surface area contributed by atoms with Crippen LogP contribution in [0.4, 0.5) is 0 Å². The average molecular weight is 420 g/mol. The quantitative estimate of drug-likeness (QED) is 0.393. The third kappa shape index (κ3) is 7.56. The molecule has 0 atom stereocenters. The molecule has 3 heteroatoms. The molecule has 0 saturated carbocycles. The van der Waals surface area contributed by atoms with Gasteiger partial charge in [-0.1, -0.05) is 0 Å². The molecule has 0 aliphatic rings. The van der Waals surface area contributed by atoms with E-state index in [4.69, 9.17) is 5.63 Å². The SMILES string of the molecule is CCCC[O][Zr]([CH2]c1ccccc1)([CH2]c1ccccc1)[O]CCCC. The fraction of sp³-hybridized carbons (Fsp3) is 0.455. The molecule has 25 heavy (non-hydrogen) atoms. The summed E-state index contributed by atoms with van der Waals surface area (Å²) in [6.07, 6.45) is 4.54. The Kier molecular flexibility index (Phi) is 9.69. The first-order valence-corrected chi connectivity index (χ1v) is 15.1. The Morgan fingerprint density at radius 3 is 1.40 bits per heavy atom. The molecule has 0 heterocycles. The minimum atomic E-state index is -3.25. The Morgan fingerprint density at radius 1 is 0.640 bits per heavy atom. The van der Waals surface area contributed by atoms with Gasteiger partial charge in [-0.2, -0.15) is 0 Å². The van der Waals surface area contributed by atoms with E-state index in [0.29, 0.717) is 0 Å². The van der Waals surface area contributed by atoms with Gasteiger partial charge in [0, 0.05) is 0 Å². The van der Waals surface area contributed by atoms with Crippen LogP contribution in [0.3, 0.4) is 0 Å². The predicted octanol–water partition coefficient (Wildman–Crippen LogP) is 6.00. The normalized spacial score (nSPS) is 11.6. The number of unbranched alkanes of at least 4 members (excludes halogenated alkanes) is 2. The van der Waals surface area contributed by atoms with Gasteiger partial charge < -0.3 is 0 Å². The summed E-state index contributed by atoms with van der Waals surface area (Å²) in [5.41, 5.74) is 2.70. The Bertz CT molecular complexity index is 518. The number of benzene rings is 2. The van der Waals surface area contributed by atoms with Crippen LogP contribution in [0.2, 0.25) is 0 Å². The molecule has 0 bridgehead atoms.